The van der Waals surface area contributed by atoms with E-state index in [2.05, 4.69) is 18.4 Å². The van der Waals surface area contributed by atoms with Gasteiger partial charge in [-0.2, -0.15) is 0 Å². The Morgan fingerprint density at radius 3 is 2.16 bits per heavy atom. The van der Waals surface area contributed by atoms with Crippen molar-refractivity contribution in [2.24, 2.45) is 0 Å². The van der Waals surface area contributed by atoms with Crippen molar-refractivity contribution in [3.05, 3.63) is 70.0 Å². The van der Waals surface area contributed by atoms with Crippen molar-refractivity contribution in [2.45, 2.75) is 86.9 Å². The van der Waals surface area contributed by atoms with E-state index < -0.39 is 17.7 Å². The standard InChI is InChI=1S/C30H34FNO4.C3H4.C2H6.CH2O/c1-16-9-10-21(15-22(16)31)25-17(2)24(20-11-12-23-19(14-20)8-7-13-35-23)26(18(3)27(25)32)28(29(33)34)36-30(4,5)6;1-3-2;2*1-2/h9-12,14-15,28H,7-8,13,32H2,1-6H3,(H,33,34);1H,2H3;1-2H3;1H2. The zero-order valence-electron chi connectivity index (χ0n) is 27.0. The Morgan fingerprint density at radius 2 is 1.63 bits per heavy atom. The Morgan fingerprint density at radius 1 is 1.07 bits per heavy atom. The highest BCUT2D eigenvalue weighted by Crippen LogP contribution is 2.46. The van der Waals surface area contributed by atoms with Gasteiger partial charge in [-0.25, -0.2) is 9.18 Å². The Labute approximate surface area is 256 Å². The predicted octanol–water partition coefficient (Wildman–Crippen LogP) is 8.41. The normalized spacial score (nSPS) is 12.3. The number of nitrogens with two attached hydrogens (primary N) is 1. The van der Waals surface area contributed by atoms with Gasteiger partial charge in [0.15, 0.2) is 6.10 Å². The first-order valence-electron chi connectivity index (χ1n) is 14.3. The van der Waals surface area contributed by atoms with Gasteiger partial charge in [0.05, 0.1) is 12.2 Å². The molecule has 1 atom stereocenters. The molecule has 1 unspecified atom stereocenters. The number of carbonyl (C=O) groups is 2. The van der Waals surface area contributed by atoms with Gasteiger partial charge in [-0.3, -0.25) is 0 Å². The maximum Gasteiger partial charge on any atom is 0.337 e. The molecule has 1 aliphatic rings. The number of carbonyl (C=O) groups excluding carboxylic acids is 1. The average Bonchev–Trinajstić information content (AvgIpc) is 2.97. The Kier molecular flexibility index (Phi) is 14.1. The number of carboxylic acid groups (broad SMARTS) is 1. The molecule has 1 heterocycles. The molecule has 232 valence electrons. The number of aryl methyl sites for hydroxylation is 2. The lowest BCUT2D eigenvalue weighted by Gasteiger charge is -2.30. The zero-order chi connectivity index (χ0) is 33.1. The first-order chi connectivity index (χ1) is 20.3. The Bertz CT molecular complexity index is 1450. The molecule has 0 radical (unpaired) electrons. The highest BCUT2D eigenvalue weighted by Gasteiger charge is 2.33. The molecule has 3 aromatic carbocycles. The molecule has 0 fully saturated rings. The number of fused-ring (bicyclic) bond motifs is 1. The summed E-state index contributed by atoms with van der Waals surface area (Å²) in [6, 6.07) is 11.0. The average molecular weight is 592 g/mol. The third kappa shape index (κ3) is 8.92. The lowest BCUT2D eigenvalue weighted by molar-refractivity contribution is -0.160. The maximum atomic E-state index is 14.6. The molecule has 3 N–H and O–H groups in total. The molecule has 3 aromatic rings. The molecular weight excluding hydrogens is 545 g/mol. The summed E-state index contributed by atoms with van der Waals surface area (Å²) in [7, 11) is 0. The molecule has 0 aromatic heterocycles. The van der Waals surface area contributed by atoms with Gasteiger partial charge in [-0.1, -0.05) is 32.0 Å². The molecule has 1 aliphatic heterocycles. The van der Waals surface area contributed by atoms with Gasteiger partial charge in [0.1, 0.15) is 18.4 Å². The largest absolute Gasteiger partial charge is 0.493 e. The molecule has 0 saturated carbocycles. The first-order valence-corrected chi connectivity index (χ1v) is 14.3. The number of terminal acetylenes is 1. The molecular formula is C36H46FNO5. The number of benzene rings is 3. The van der Waals surface area contributed by atoms with Crippen molar-refractivity contribution in [2.75, 3.05) is 12.3 Å². The molecule has 0 spiro atoms. The number of halogens is 1. The Balaban J connectivity index is 0.00000122. The number of aliphatic carboxylic acids is 1. The van der Waals surface area contributed by atoms with Crippen molar-refractivity contribution in [1.82, 2.24) is 0 Å². The SMILES string of the molecule is C#CC.C=O.CC.Cc1ccc(-c2c(C)c(-c3ccc4c(c3)CCCO4)c(C(OC(C)(C)C)C(=O)O)c(C)c2N)cc1F. The lowest BCUT2D eigenvalue weighted by atomic mass is 9.82. The molecule has 0 saturated heterocycles. The topological polar surface area (TPSA) is 98.8 Å². The van der Waals surface area contributed by atoms with Crippen molar-refractivity contribution < 1.29 is 28.6 Å². The molecule has 0 bridgehead atoms. The number of carboxylic acids is 1. The van der Waals surface area contributed by atoms with Crippen LogP contribution in [0.25, 0.3) is 22.3 Å². The van der Waals surface area contributed by atoms with Gasteiger partial charge >= 0.3 is 5.97 Å². The van der Waals surface area contributed by atoms with E-state index >= 15 is 0 Å². The minimum absolute atomic E-state index is 0.319. The third-order valence-electron chi connectivity index (χ3n) is 6.71. The van der Waals surface area contributed by atoms with Crippen molar-refractivity contribution in [1.29, 1.82) is 0 Å². The lowest BCUT2D eigenvalue weighted by Crippen LogP contribution is -2.28. The van der Waals surface area contributed by atoms with Crippen LogP contribution in [-0.2, 0) is 20.7 Å². The van der Waals surface area contributed by atoms with Crippen LogP contribution in [0.5, 0.6) is 5.75 Å². The number of anilines is 1. The summed E-state index contributed by atoms with van der Waals surface area (Å²) in [5.74, 6) is 1.68. The third-order valence-corrected chi connectivity index (χ3v) is 6.71. The molecule has 6 nitrogen and oxygen atoms in total. The zero-order valence-corrected chi connectivity index (χ0v) is 27.0. The van der Waals surface area contributed by atoms with Crippen LogP contribution in [0.4, 0.5) is 10.1 Å². The van der Waals surface area contributed by atoms with Gasteiger partial charge in [0, 0.05) is 16.8 Å². The highest BCUT2D eigenvalue weighted by atomic mass is 19.1. The molecule has 0 amide bonds. The number of rotatable bonds is 5. The summed E-state index contributed by atoms with van der Waals surface area (Å²) in [5, 5.41) is 10.3. The maximum absolute atomic E-state index is 14.6. The number of ether oxygens (including phenoxy) is 2. The van der Waals surface area contributed by atoms with E-state index in [1.807, 2.05) is 73.5 Å². The van der Waals surface area contributed by atoms with E-state index in [1.165, 1.54) is 6.07 Å². The van der Waals surface area contributed by atoms with E-state index in [0.717, 1.165) is 40.8 Å². The fourth-order valence-corrected chi connectivity index (χ4v) is 4.97. The fourth-order valence-electron chi connectivity index (χ4n) is 4.97. The summed E-state index contributed by atoms with van der Waals surface area (Å²) in [6.07, 6.45) is 5.15. The summed E-state index contributed by atoms with van der Waals surface area (Å²) in [4.78, 5) is 20.6. The summed E-state index contributed by atoms with van der Waals surface area (Å²) in [6.45, 7) is 19.3. The molecule has 43 heavy (non-hydrogen) atoms. The van der Waals surface area contributed by atoms with E-state index in [9.17, 15) is 14.3 Å². The van der Waals surface area contributed by atoms with Crippen LogP contribution < -0.4 is 10.5 Å². The fraction of sp³-hybridized carbons (Fsp3) is 0.389. The molecule has 0 aliphatic carbocycles. The smallest absolute Gasteiger partial charge is 0.337 e. The predicted molar refractivity (Wildman–Crippen MR) is 174 cm³/mol. The summed E-state index contributed by atoms with van der Waals surface area (Å²) in [5.41, 5.74) is 12.8. The molecule has 7 heteroatoms. The highest BCUT2D eigenvalue weighted by molar-refractivity contribution is 5.93. The van der Waals surface area contributed by atoms with E-state index in [1.54, 1.807) is 19.9 Å². The van der Waals surface area contributed by atoms with Crippen molar-refractivity contribution in [3.63, 3.8) is 0 Å². The van der Waals surface area contributed by atoms with Gasteiger partial charge in [0.2, 0.25) is 0 Å². The van der Waals surface area contributed by atoms with Crippen molar-refractivity contribution in [3.8, 4) is 40.3 Å². The van der Waals surface area contributed by atoms with E-state index in [-0.39, 0.29) is 5.82 Å². The Hall–Kier alpha value is -4.15. The van der Waals surface area contributed by atoms with Crippen LogP contribution in [0, 0.1) is 38.9 Å². The first kappa shape index (κ1) is 36.9. The van der Waals surface area contributed by atoms with Gasteiger partial charge < -0.3 is 25.1 Å². The van der Waals surface area contributed by atoms with Gasteiger partial charge in [-0.05, 0) is 118 Å². The van der Waals surface area contributed by atoms with Crippen LogP contribution in [0.1, 0.15) is 81.9 Å². The second-order valence-electron chi connectivity index (χ2n) is 10.8. The van der Waals surface area contributed by atoms with Crippen LogP contribution in [-0.4, -0.2) is 30.1 Å². The molecule has 4 rings (SSSR count). The monoisotopic (exact) mass is 591 g/mol. The van der Waals surface area contributed by atoms with Gasteiger partial charge in [0.25, 0.3) is 0 Å². The second-order valence-corrected chi connectivity index (χ2v) is 10.8. The number of hydrogen-bond donors (Lipinski definition) is 2. The van der Waals surface area contributed by atoms with Gasteiger partial charge in [-0.15, -0.1) is 12.3 Å². The minimum Gasteiger partial charge on any atom is -0.493 e. The van der Waals surface area contributed by atoms with Crippen LogP contribution in [0.3, 0.4) is 0 Å². The van der Waals surface area contributed by atoms with Crippen molar-refractivity contribution >= 4 is 18.4 Å². The van der Waals surface area contributed by atoms with Crippen LogP contribution in [0.15, 0.2) is 36.4 Å². The second kappa shape index (κ2) is 16.5. The van der Waals surface area contributed by atoms with Crippen LogP contribution >= 0.6 is 0 Å². The van der Waals surface area contributed by atoms with Crippen LogP contribution in [0.2, 0.25) is 0 Å². The van der Waals surface area contributed by atoms with E-state index in [0.29, 0.717) is 40.1 Å². The summed E-state index contributed by atoms with van der Waals surface area (Å²) >= 11 is 0. The quantitative estimate of drug-likeness (QED) is 0.228. The number of hydrogen-bond acceptors (Lipinski definition) is 5. The van der Waals surface area contributed by atoms with E-state index in [4.69, 9.17) is 20.0 Å². The minimum atomic E-state index is -1.24. The summed E-state index contributed by atoms with van der Waals surface area (Å²) < 4.78 is 26.5. The number of nitrogen functional groups attached to an aromatic ring is 1.